The van der Waals surface area contributed by atoms with Gasteiger partial charge in [0.1, 0.15) is 0 Å². The first-order chi connectivity index (χ1) is 8.92. The Morgan fingerprint density at radius 2 is 2.16 bits per heavy atom. The van der Waals surface area contributed by atoms with E-state index in [-0.39, 0.29) is 17.0 Å². The molecule has 0 aliphatic heterocycles. The van der Waals surface area contributed by atoms with Gasteiger partial charge in [-0.1, -0.05) is 26.7 Å². The zero-order valence-electron chi connectivity index (χ0n) is 12.4. The fourth-order valence-electron chi connectivity index (χ4n) is 2.86. The zero-order valence-corrected chi connectivity index (χ0v) is 12.4. The van der Waals surface area contributed by atoms with Crippen LogP contribution < -0.4 is 10.9 Å². The number of hydrogen-bond donors (Lipinski definition) is 1. The van der Waals surface area contributed by atoms with Crippen LogP contribution in [-0.4, -0.2) is 15.6 Å². The third-order valence-electron chi connectivity index (χ3n) is 4.24. The molecule has 0 saturated heterocycles. The van der Waals surface area contributed by atoms with Gasteiger partial charge in [0.2, 0.25) is 0 Å². The van der Waals surface area contributed by atoms with Crippen molar-refractivity contribution >= 4 is 5.82 Å². The van der Waals surface area contributed by atoms with Gasteiger partial charge in [0.25, 0.3) is 5.56 Å². The van der Waals surface area contributed by atoms with Gasteiger partial charge in [-0.15, -0.1) is 0 Å². The van der Waals surface area contributed by atoms with Crippen LogP contribution in [0.1, 0.15) is 59.4 Å². The second-order valence-corrected chi connectivity index (χ2v) is 6.51. The fraction of sp³-hybridized carbons (Fsp3) is 0.733. The normalized spacial score (nSPS) is 22.5. The Hall–Kier alpha value is -1.32. The van der Waals surface area contributed by atoms with Crippen molar-refractivity contribution in [3.8, 4) is 0 Å². The molecule has 1 heterocycles. The first-order valence-electron chi connectivity index (χ1n) is 7.25. The molecule has 1 saturated carbocycles. The predicted octanol–water partition coefficient (Wildman–Crippen LogP) is 3.20. The van der Waals surface area contributed by atoms with Crippen molar-refractivity contribution in [2.75, 3.05) is 5.32 Å². The Kier molecular flexibility index (Phi) is 3.97. The summed E-state index contributed by atoms with van der Waals surface area (Å²) in [5.41, 5.74) is 0.212. The van der Waals surface area contributed by atoms with Crippen LogP contribution in [-0.2, 0) is 0 Å². The number of aromatic nitrogens is 2. The Bertz CT molecular complexity index is 490. The molecule has 1 atom stereocenters. The Morgan fingerprint density at radius 1 is 1.42 bits per heavy atom. The molecular formula is C15H25N3O. The molecule has 0 aromatic carbocycles. The molecule has 0 spiro atoms. The number of rotatable bonds is 3. The number of nitrogens with zero attached hydrogens (tertiary/aromatic N) is 2. The first kappa shape index (κ1) is 14.1. The molecule has 1 aliphatic rings. The van der Waals surface area contributed by atoms with Crippen LogP contribution in [0.15, 0.2) is 17.2 Å². The van der Waals surface area contributed by atoms with E-state index in [9.17, 15) is 4.79 Å². The van der Waals surface area contributed by atoms with Crippen LogP contribution in [0.25, 0.3) is 0 Å². The Balaban J connectivity index is 2.24. The van der Waals surface area contributed by atoms with E-state index in [4.69, 9.17) is 0 Å². The van der Waals surface area contributed by atoms with Crippen LogP contribution in [0.3, 0.4) is 0 Å². The molecule has 1 aliphatic carbocycles. The van der Waals surface area contributed by atoms with Gasteiger partial charge in [0, 0.05) is 24.5 Å². The molecule has 0 radical (unpaired) electrons. The number of nitrogens with one attached hydrogen (secondary N) is 1. The van der Waals surface area contributed by atoms with Gasteiger partial charge in [-0.3, -0.25) is 4.79 Å². The summed E-state index contributed by atoms with van der Waals surface area (Å²) in [5.74, 6) is 0.496. The van der Waals surface area contributed by atoms with Crippen LogP contribution in [0, 0.1) is 5.41 Å². The Labute approximate surface area is 115 Å². The maximum absolute atomic E-state index is 12.3. The van der Waals surface area contributed by atoms with Crippen LogP contribution in [0.5, 0.6) is 0 Å². The minimum atomic E-state index is -0.0149. The summed E-state index contributed by atoms with van der Waals surface area (Å²) in [5, 5.41) is 3.39. The second kappa shape index (κ2) is 5.35. The quantitative estimate of drug-likeness (QED) is 0.911. The lowest BCUT2D eigenvalue weighted by Crippen LogP contribution is -2.41. The smallest absolute Gasteiger partial charge is 0.293 e. The number of anilines is 1. The van der Waals surface area contributed by atoms with Crippen molar-refractivity contribution in [2.24, 2.45) is 5.41 Å². The fourth-order valence-corrected chi connectivity index (χ4v) is 2.86. The molecule has 1 fully saturated rings. The number of hydrogen-bond acceptors (Lipinski definition) is 3. The van der Waals surface area contributed by atoms with E-state index in [1.807, 2.05) is 13.8 Å². The van der Waals surface area contributed by atoms with Crippen LogP contribution in [0.2, 0.25) is 0 Å². The monoisotopic (exact) mass is 263 g/mol. The van der Waals surface area contributed by atoms with Crippen molar-refractivity contribution in [1.29, 1.82) is 0 Å². The summed E-state index contributed by atoms with van der Waals surface area (Å²) in [6.07, 6.45) is 8.29. The topological polar surface area (TPSA) is 46.9 Å². The molecule has 1 unspecified atom stereocenters. The lowest BCUT2D eigenvalue weighted by molar-refractivity contribution is 0.216. The predicted molar refractivity (Wildman–Crippen MR) is 78.5 cm³/mol. The second-order valence-electron chi connectivity index (χ2n) is 6.51. The van der Waals surface area contributed by atoms with Crippen LogP contribution in [0.4, 0.5) is 5.82 Å². The van der Waals surface area contributed by atoms with E-state index in [2.05, 4.69) is 24.1 Å². The van der Waals surface area contributed by atoms with Crippen LogP contribution >= 0.6 is 0 Å². The van der Waals surface area contributed by atoms with Gasteiger partial charge in [0.15, 0.2) is 5.82 Å². The van der Waals surface area contributed by atoms with Crippen molar-refractivity contribution in [2.45, 2.75) is 65.5 Å². The molecule has 4 nitrogen and oxygen atoms in total. The van der Waals surface area contributed by atoms with E-state index < -0.39 is 0 Å². The average Bonchev–Trinajstić information content (AvgIpc) is 2.33. The van der Waals surface area contributed by atoms with E-state index in [0.29, 0.717) is 11.9 Å². The summed E-state index contributed by atoms with van der Waals surface area (Å²) in [6.45, 7) is 8.56. The third kappa shape index (κ3) is 2.99. The molecule has 4 heteroatoms. The highest BCUT2D eigenvalue weighted by Crippen LogP contribution is 2.36. The lowest BCUT2D eigenvalue weighted by atomic mass is 9.73. The maximum Gasteiger partial charge on any atom is 0.293 e. The molecule has 2 rings (SSSR count). The average molecular weight is 263 g/mol. The molecule has 1 aromatic heterocycles. The standard InChI is InChI=1S/C15H25N3O/c1-11(2)18-10-9-16-13(14(18)19)17-12-7-5-6-8-15(12,3)4/h9-12H,5-8H2,1-4H3,(H,16,17). The highest BCUT2D eigenvalue weighted by atomic mass is 16.1. The minimum absolute atomic E-state index is 0.0149. The van der Waals surface area contributed by atoms with Gasteiger partial charge in [-0.25, -0.2) is 4.98 Å². The summed E-state index contributed by atoms with van der Waals surface area (Å²) < 4.78 is 1.73. The Morgan fingerprint density at radius 3 is 2.79 bits per heavy atom. The molecule has 1 aromatic rings. The largest absolute Gasteiger partial charge is 0.362 e. The van der Waals surface area contributed by atoms with Crippen molar-refractivity contribution in [3.05, 3.63) is 22.7 Å². The first-order valence-corrected chi connectivity index (χ1v) is 7.25. The van der Waals surface area contributed by atoms with E-state index in [1.165, 1.54) is 19.3 Å². The molecule has 19 heavy (non-hydrogen) atoms. The van der Waals surface area contributed by atoms with Crippen molar-refractivity contribution < 1.29 is 0 Å². The SMILES string of the molecule is CC(C)n1ccnc(NC2CCCCC2(C)C)c1=O. The van der Waals surface area contributed by atoms with Crippen molar-refractivity contribution in [3.63, 3.8) is 0 Å². The van der Waals surface area contributed by atoms with Gasteiger partial charge >= 0.3 is 0 Å². The van der Waals surface area contributed by atoms with E-state index in [1.54, 1.807) is 17.0 Å². The van der Waals surface area contributed by atoms with Gasteiger partial charge < -0.3 is 9.88 Å². The summed E-state index contributed by atoms with van der Waals surface area (Å²) in [4.78, 5) is 16.6. The van der Waals surface area contributed by atoms with E-state index >= 15 is 0 Å². The molecule has 1 N–H and O–H groups in total. The summed E-state index contributed by atoms with van der Waals surface area (Å²) in [7, 11) is 0. The van der Waals surface area contributed by atoms with Gasteiger partial charge in [-0.2, -0.15) is 0 Å². The van der Waals surface area contributed by atoms with E-state index in [0.717, 1.165) is 6.42 Å². The zero-order chi connectivity index (χ0) is 14.0. The third-order valence-corrected chi connectivity index (χ3v) is 4.24. The highest BCUT2D eigenvalue weighted by molar-refractivity contribution is 5.33. The molecule has 0 bridgehead atoms. The molecule has 106 valence electrons. The lowest BCUT2D eigenvalue weighted by Gasteiger charge is -2.39. The van der Waals surface area contributed by atoms with Gasteiger partial charge in [-0.05, 0) is 32.1 Å². The maximum atomic E-state index is 12.3. The molecule has 0 amide bonds. The van der Waals surface area contributed by atoms with Gasteiger partial charge in [0.05, 0.1) is 0 Å². The summed E-state index contributed by atoms with van der Waals surface area (Å²) >= 11 is 0. The minimum Gasteiger partial charge on any atom is -0.362 e. The van der Waals surface area contributed by atoms with Crippen molar-refractivity contribution in [1.82, 2.24) is 9.55 Å². The molecular weight excluding hydrogens is 238 g/mol. The summed E-state index contributed by atoms with van der Waals surface area (Å²) in [6, 6.07) is 0.500. The highest BCUT2D eigenvalue weighted by Gasteiger charge is 2.32.